The Hall–Kier alpha value is -1.67. The zero-order valence-electron chi connectivity index (χ0n) is 29.2. The molecule has 1 amide bonds. The molecular weight excluding hydrogens is 556 g/mol. The van der Waals surface area contributed by atoms with Crippen LogP contribution in [0.25, 0.3) is 0 Å². The third-order valence-electron chi connectivity index (χ3n) is 8.09. The zero-order valence-corrected chi connectivity index (χ0v) is 29.2. The van der Waals surface area contributed by atoms with Crippen LogP contribution >= 0.6 is 0 Å². The lowest BCUT2D eigenvalue weighted by molar-refractivity contribution is -0.176. The summed E-state index contributed by atoms with van der Waals surface area (Å²) in [5, 5.41) is 0. The summed E-state index contributed by atoms with van der Waals surface area (Å²) in [6.07, 6.45) is 24.1. The number of amides is 1. The topological polar surface area (TPSA) is 108 Å². The van der Waals surface area contributed by atoms with Crippen molar-refractivity contribution in [3.8, 4) is 0 Å². The summed E-state index contributed by atoms with van der Waals surface area (Å²) in [6.45, 7) is 5.47. The molecule has 8 heteroatoms. The fraction of sp³-hybridized carbons (Fsp3) is 0.917. The van der Waals surface area contributed by atoms with E-state index < -0.39 is 30.1 Å². The maximum atomic E-state index is 12.7. The second-order valence-corrected chi connectivity index (χ2v) is 12.8. The minimum Gasteiger partial charge on any atom is -0.455 e. The van der Waals surface area contributed by atoms with Gasteiger partial charge in [0.15, 0.2) is 6.10 Å². The van der Waals surface area contributed by atoms with Crippen LogP contribution in [-0.4, -0.2) is 68.8 Å². The Morgan fingerprint density at radius 1 is 0.568 bits per heavy atom. The van der Waals surface area contributed by atoms with E-state index in [0.717, 1.165) is 32.1 Å². The number of carbonyl (C=O) groups is 3. The first-order chi connectivity index (χ1) is 21.3. The SMILES string of the molecule is CCCCCCCCCCCCCC(=O)OC(COCCN(C)C)C(OC(=O)CCCCCCCCCCCCC)C(N)=O. The van der Waals surface area contributed by atoms with Crippen LogP contribution < -0.4 is 5.73 Å². The molecule has 0 aliphatic rings. The van der Waals surface area contributed by atoms with Crippen LogP contribution in [0.1, 0.15) is 168 Å². The maximum absolute atomic E-state index is 12.7. The van der Waals surface area contributed by atoms with Gasteiger partial charge in [0, 0.05) is 19.4 Å². The van der Waals surface area contributed by atoms with Crippen molar-refractivity contribution in [2.24, 2.45) is 5.73 Å². The number of nitrogens with zero attached hydrogens (tertiary/aromatic N) is 1. The Morgan fingerprint density at radius 2 is 0.932 bits per heavy atom. The predicted octanol–water partition coefficient (Wildman–Crippen LogP) is 8.28. The van der Waals surface area contributed by atoms with E-state index >= 15 is 0 Å². The Morgan fingerprint density at radius 3 is 1.30 bits per heavy atom. The molecule has 0 saturated carbocycles. The number of hydrogen-bond donors (Lipinski definition) is 1. The lowest BCUT2D eigenvalue weighted by Gasteiger charge is -2.25. The number of unbranched alkanes of at least 4 members (excludes halogenated alkanes) is 20. The molecule has 0 aliphatic carbocycles. The molecule has 0 fully saturated rings. The van der Waals surface area contributed by atoms with Gasteiger partial charge in [-0.1, -0.05) is 142 Å². The van der Waals surface area contributed by atoms with Crippen LogP contribution in [0.3, 0.4) is 0 Å². The highest BCUT2D eigenvalue weighted by Gasteiger charge is 2.33. The van der Waals surface area contributed by atoms with Crippen LogP contribution in [0.15, 0.2) is 0 Å². The molecule has 2 unspecified atom stereocenters. The highest BCUT2D eigenvalue weighted by molar-refractivity contribution is 5.83. The molecule has 0 rings (SSSR count). The second-order valence-electron chi connectivity index (χ2n) is 12.8. The van der Waals surface area contributed by atoms with E-state index in [4.69, 9.17) is 19.9 Å². The van der Waals surface area contributed by atoms with Gasteiger partial charge in [-0.25, -0.2) is 0 Å². The number of rotatable bonds is 33. The Balaban J connectivity index is 4.49. The minimum atomic E-state index is -1.36. The fourth-order valence-electron chi connectivity index (χ4n) is 5.24. The molecule has 44 heavy (non-hydrogen) atoms. The van der Waals surface area contributed by atoms with E-state index in [0.29, 0.717) is 19.6 Å². The van der Waals surface area contributed by atoms with Crippen molar-refractivity contribution in [1.82, 2.24) is 4.90 Å². The van der Waals surface area contributed by atoms with E-state index in [1.54, 1.807) is 0 Å². The smallest absolute Gasteiger partial charge is 0.306 e. The number of ether oxygens (including phenoxy) is 3. The van der Waals surface area contributed by atoms with Crippen LogP contribution in [0, 0.1) is 0 Å². The number of esters is 2. The van der Waals surface area contributed by atoms with Gasteiger partial charge in [0.1, 0.15) is 0 Å². The minimum absolute atomic E-state index is 0.0584. The average molecular weight is 627 g/mol. The molecule has 8 nitrogen and oxygen atoms in total. The van der Waals surface area contributed by atoms with Crippen LogP contribution in [0.5, 0.6) is 0 Å². The maximum Gasteiger partial charge on any atom is 0.306 e. The Bertz CT molecular complexity index is 688. The lowest BCUT2D eigenvalue weighted by Crippen LogP contribution is -2.47. The summed E-state index contributed by atoms with van der Waals surface area (Å²) in [5.41, 5.74) is 5.62. The van der Waals surface area contributed by atoms with Gasteiger partial charge in [-0.15, -0.1) is 0 Å². The standard InChI is InChI=1S/C36H70N2O6/c1-5-7-9-11-13-15-17-19-21-23-25-27-33(39)43-32(31-42-30-29-38(3)4)35(36(37)41)44-34(40)28-26-24-22-20-18-16-14-12-10-8-6-2/h32,35H,5-31H2,1-4H3,(H2,37,41). The van der Waals surface area contributed by atoms with Gasteiger partial charge < -0.3 is 24.8 Å². The number of nitrogens with two attached hydrogens (primary N) is 1. The molecule has 0 aromatic heterocycles. The molecule has 0 aromatic rings. The number of carbonyl (C=O) groups excluding carboxylic acids is 3. The molecule has 0 aliphatic heterocycles. The van der Waals surface area contributed by atoms with Gasteiger partial charge in [-0.2, -0.15) is 0 Å². The number of likely N-dealkylation sites (N-methyl/N-ethyl adjacent to an activating group) is 1. The molecule has 2 N–H and O–H groups in total. The molecule has 260 valence electrons. The van der Waals surface area contributed by atoms with Crippen molar-refractivity contribution in [2.45, 2.75) is 180 Å². The van der Waals surface area contributed by atoms with Crippen molar-refractivity contribution in [1.29, 1.82) is 0 Å². The number of hydrogen-bond acceptors (Lipinski definition) is 7. The first kappa shape index (κ1) is 42.3. The summed E-state index contributed by atoms with van der Waals surface area (Å²) < 4.78 is 16.8. The van der Waals surface area contributed by atoms with Gasteiger partial charge in [-0.05, 0) is 26.9 Å². The Kier molecular flexibility index (Phi) is 30.1. The monoisotopic (exact) mass is 627 g/mol. The molecule has 0 saturated heterocycles. The van der Waals surface area contributed by atoms with Crippen molar-refractivity contribution in [3.05, 3.63) is 0 Å². The van der Waals surface area contributed by atoms with Gasteiger partial charge in [0.2, 0.25) is 6.10 Å². The van der Waals surface area contributed by atoms with Crippen LogP contribution in [0.2, 0.25) is 0 Å². The molecule has 0 bridgehead atoms. The van der Waals surface area contributed by atoms with E-state index in [-0.39, 0.29) is 19.4 Å². The normalized spacial score (nSPS) is 12.8. The zero-order chi connectivity index (χ0) is 32.7. The van der Waals surface area contributed by atoms with Crippen molar-refractivity contribution < 1.29 is 28.6 Å². The third kappa shape index (κ3) is 27.8. The molecule has 0 spiro atoms. The Labute approximate surface area is 270 Å². The third-order valence-corrected chi connectivity index (χ3v) is 8.09. The van der Waals surface area contributed by atoms with Gasteiger partial charge in [-0.3, -0.25) is 14.4 Å². The van der Waals surface area contributed by atoms with E-state index in [2.05, 4.69) is 13.8 Å². The predicted molar refractivity (Wildman–Crippen MR) is 180 cm³/mol. The van der Waals surface area contributed by atoms with Gasteiger partial charge >= 0.3 is 11.9 Å². The van der Waals surface area contributed by atoms with E-state index in [9.17, 15) is 14.4 Å². The summed E-state index contributed by atoms with van der Waals surface area (Å²) in [6, 6.07) is 0. The first-order valence-corrected chi connectivity index (χ1v) is 18.2. The van der Waals surface area contributed by atoms with Crippen LogP contribution in [-0.2, 0) is 28.6 Å². The molecular formula is C36H70N2O6. The van der Waals surface area contributed by atoms with E-state index in [1.165, 1.54) is 103 Å². The van der Waals surface area contributed by atoms with Crippen molar-refractivity contribution in [3.63, 3.8) is 0 Å². The summed E-state index contributed by atoms with van der Waals surface area (Å²) in [4.78, 5) is 39.5. The van der Waals surface area contributed by atoms with Gasteiger partial charge in [0.25, 0.3) is 5.91 Å². The first-order valence-electron chi connectivity index (χ1n) is 18.2. The summed E-state index contributed by atoms with van der Waals surface area (Å²) >= 11 is 0. The average Bonchev–Trinajstić information content (AvgIpc) is 2.98. The largest absolute Gasteiger partial charge is 0.455 e. The fourth-order valence-corrected chi connectivity index (χ4v) is 5.24. The van der Waals surface area contributed by atoms with Gasteiger partial charge in [0.05, 0.1) is 13.2 Å². The molecule has 0 radical (unpaired) electrons. The highest BCUT2D eigenvalue weighted by Crippen LogP contribution is 2.16. The van der Waals surface area contributed by atoms with E-state index in [1.807, 2.05) is 19.0 Å². The lowest BCUT2D eigenvalue weighted by atomic mass is 10.1. The molecule has 2 atom stereocenters. The molecule has 0 heterocycles. The highest BCUT2D eigenvalue weighted by atomic mass is 16.6. The number of primary amides is 1. The summed E-state index contributed by atoms with van der Waals surface area (Å²) in [7, 11) is 3.86. The second kappa shape index (κ2) is 31.3. The molecule has 0 aromatic carbocycles. The van der Waals surface area contributed by atoms with Crippen molar-refractivity contribution >= 4 is 17.8 Å². The van der Waals surface area contributed by atoms with Crippen LogP contribution in [0.4, 0.5) is 0 Å². The van der Waals surface area contributed by atoms with Crippen molar-refractivity contribution in [2.75, 3.05) is 33.9 Å². The quantitative estimate of drug-likeness (QED) is 0.0577. The summed E-state index contributed by atoms with van der Waals surface area (Å²) in [5.74, 6) is -1.75.